The molecule has 1 aromatic heterocycles. The molecule has 1 aliphatic heterocycles. The number of piperidine rings is 1. The van der Waals surface area contributed by atoms with E-state index in [0.717, 1.165) is 57.0 Å². The summed E-state index contributed by atoms with van der Waals surface area (Å²) in [5, 5.41) is 0. The van der Waals surface area contributed by atoms with Crippen LogP contribution in [0.15, 0.2) is 6.07 Å². The Kier molecular flexibility index (Phi) is 5.55. The molecule has 1 aromatic rings. The Morgan fingerprint density at radius 3 is 2.75 bits per heavy atom. The number of ether oxygens (including phenoxy) is 1. The van der Waals surface area contributed by atoms with Gasteiger partial charge >= 0.3 is 0 Å². The van der Waals surface area contributed by atoms with Crippen LogP contribution in [0.1, 0.15) is 32.0 Å². The summed E-state index contributed by atoms with van der Waals surface area (Å²) in [6.07, 6.45) is 4.20. The van der Waals surface area contributed by atoms with E-state index in [0.29, 0.717) is 11.7 Å². The summed E-state index contributed by atoms with van der Waals surface area (Å²) in [6, 6.07) is 1.93. The number of hydrogen-bond donors (Lipinski definition) is 2. The van der Waals surface area contributed by atoms with Gasteiger partial charge in [0.05, 0.1) is 0 Å². The third-order valence-corrected chi connectivity index (χ3v) is 3.72. The first-order chi connectivity index (χ1) is 9.76. The minimum Gasteiger partial charge on any atom is -0.384 e. The fraction of sp³-hybridized carbons (Fsp3) is 0.714. The van der Waals surface area contributed by atoms with Crippen LogP contribution in [0.4, 0.5) is 11.6 Å². The number of rotatable bonds is 6. The van der Waals surface area contributed by atoms with Crippen LogP contribution in [0.25, 0.3) is 0 Å². The number of hydrazine groups is 1. The molecule has 2 heterocycles. The van der Waals surface area contributed by atoms with E-state index in [-0.39, 0.29) is 0 Å². The van der Waals surface area contributed by atoms with Crippen LogP contribution in [0.5, 0.6) is 0 Å². The summed E-state index contributed by atoms with van der Waals surface area (Å²) in [6.45, 7) is 5.01. The zero-order valence-electron chi connectivity index (χ0n) is 12.4. The predicted molar refractivity (Wildman–Crippen MR) is 80.7 cm³/mol. The second kappa shape index (κ2) is 7.40. The lowest BCUT2D eigenvalue weighted by atomic mass is 9.98. The number of nitrogens with two attached hydrogens (primary N) is 1. The Hall–Kier alpha value is -1.40. The summed E-state index contributed by atoms with van der Waals surface area (Å²) < 4.78 is 5.24. The zero-order valence-corrected chi connectivity index (χ0v) is 12.4. The summed E-state index contributed by atoms with van der Waals surface area (Å²) in [5.41, 5.74) is 2.64. The number of anilines is 2. The highest BCUT2D eigenvalue weighted by molar-refractivity contribution is 5.49. The second-order valence-electron chi connectivity index (χ2n) is 5.31. The maximum absolute atomic E-state index is 5.50. The third-order valence-electron chi connectivity index (χ3n) is 3.72. The van der Waals surface area contributed by atoms with Crippen molar-refractivity contribution in [1.29, 1.82) is 0 Å². The Balaban J connectivity index is 2.06. The van der Waals surface area contributed by atoms with Crippen LogP contribution in [0.3, 0.4) is 0 Å². The first kappa shape index (κ1) is 15.0. The third kappa shape index (κ3) is 3.80. The Labute approximate surface area is 120 Å². The van der Waals surface area contributed by atoms with Gasteiger partial charge in [-0.25, -0.2) is 15.8 Å². The van der Waals surface area contributed by atoms with E-state index in [1.165, 1.54) is 0 Å². The fourth-order valence-electron chi connectivity index (χ4n) is 2.62. The molecule has 112 valence electrons. The van der Waals surface area contributed by atoms with Crippen LogP contribution in [-0.2, 0) is 11.2 Å². The van der Waals surface area contributed by atoms with E-state index < -0.39 is 0 Å². The van der Waals surface area contributed by atoms with Gasteiger partial charge in [-0.2, -0.15) is 0 Å². The van der Waals surface area contributed by atoms with Crippen molar-refractivity contribution in [2.75, 3.05) is 37.1 Å². The van der Waals surface area contributed by atoms with E-state index in [2.05, 4.69) is 27.2 Å². The number of hydrogen-bond acceptors (Lipinski definition) is 6. The molecule has 0 unspecified atom stereocenters. The van der Waals surface area contributed by atoms with Crippen LogP contribution in [0, 0.1) is 5.92 Å². The topological polar surface area (TPSA) is 76.3 Å². The van der Waals surface area contributed by atoms with Crippen molar-refractivity contribution < 1.29 is 4.74 Å². The number of aromatic nitrogens is 2. The molecule has 0 radical (unpaired) electrons. The Morgan fingerprint density at radius 1 is 1.40 bits per heavy atom. The van der Waals surface area contributed by atoms with E-state index in [9.17, 15) is 0 Å². The van der Waals surface area contributed by atoms with Gasteiger partial charge in [0.1, 0.15) is 17.5 Å². The molecule has 0 bridgehead atoms. The van der Waals surface area contributed by atoms with Gasteiger partial charge in [-0.1, -0.05) is 6.92 Å². The lowest BCUT2D eigenvalue weighted by Crippen LogP contribution is -2.35. The molecule has 1 saturated heterocycles. The fourth-order valence-corrected chi connectivity index (χ4v) is 2.62. The molecule has 0 saturated carbocycles. The lowest BCUT2D eigenvalue weighted by molar-refractivity contribution is 0.139. The molecule has 6 nitrogen and oxygen atoms in total. The normalized spacial score (nSPS) is 16.4. The molecular formula is C14H25N5O. The largest absolute Gasteiger partial charge is 0.384 e. The summed E-state index contributed by atoms with van der Waals surface area (Å²) >= 11 is 0. The minimum absolute atomic E-state index is 0.667. The van der Waals surface area contributed by atoms with Gasteiger partial charge < -0.3 is 15.1 Å². The van der Waals surface area contributed by atoms with Crippen molar-refractivity contribution in [2.45, 2.75) is 32.6 Å². The van der Waals surface area contributed by atoms with Crippen molar-refractivity contribution in [3.63, 3.8) is 0 Å². The Morgan fingerprint density at radius 2 is 2.15 bits per heavy atom. The summed E-state index contributed by atoms with van der Waals surface area (Å²) in [7, 11) is 1.77. The molecule has 1 fully saturated rings. The molecule has 0 aromatic carbocycles. The Bertz CT molecular complexity index is 418. The van der Waals surface area contributed by atoms with Crippen molar-refractivity contribution in [2.24, 2.45) is 11.8 Å². The molecule has 0 amide bonds. The van der Waals surface area contributed by atoms with Gasteiger partial charge in [0.2, 0.25) is 0 Å². The van der Waals surface area contributed by atoms with E-state index in [1.54, 1.807) is 7.11 Å². The zero-order chi connectivity index (χ0) is 14.4. The van der Waals surface area contributed by atoms with Gasteiger partial charge in [-0.15, -0.1) is 0 Å². The van der Waals surface area contributed by atoms with Gasteiger partial charge in [0, 0.05) is 39.3 Å². The maximum atomic E-state index is 5.50. The minimum atomic E-state index is 0.667. The standard InChI is InChI=1S/C14H25N5O/c1-3-4-12-16-13(18-15)9-14(17-12)19-7-5-11(6-8-19)10-20-2/h9,11H,3-8,10,15H2,1-2H3,(H,16,17,18). The predicted octanol–water partition coefficient (Wildman–Crippen LogP) is 1.58. The van der Waals surface area contributed by atoms with E-state index in [1.807, 2.05) is 6.07 Å². The first-order valence-corrected chi connectivity index (χ1v) is 7.35. The molecule has 1 aliphatic rings. The van der Waals surface area contributed by atoms with Gasteiger partial charge in [-0.3, -0.25) is 0 Å². The maximum Gasteiger partial charge on any atom is 0.145 e. The van der Waals surface area contributed by atoms with Crippen LogP contribution in [-0.4, -0.2) is 36.8 Å². The van der Waals surface area contributed by atoms with E-state index >= 15 is 0 Å². The van der Waals surface area contributed by atoms with Crippen LogP contribution >= 0.6 is 0 Å². The number of nitrogen functional groups attached to an aromatic ring is 1. The quantitative estimate of drug-likeness (QED) is 0.608. The molecular weight excluding hydrogens is 254 g/mol. The molecule has 3 N–H and O–H groups in total. The van der Waals surface area contributed by atoms with Crippen molar-refractivity contribution in [3.05, 3.63) is 11.9 Å². The summed E-state index contributed by atoms with van der Waals surface area (Å²) in [4.78, 5) is 11.4. The molecule has 0 atom stereocenters. The highest BCUT2D eigenvalue weighted by Crippen LogP contribution is 2.23. The molecule has 0 spiro atoms. The SMILES string of the molecule is CCCc1nc(NN)cc(N2CCC(COC)CC2)n1. The van der Waals surface area contributed by atoms with Crippen LogP contribution < -0.4 is 16.2 Å². The molecule has 20 heavy (non-hydrogen) atoms. The van der Waals surface area contributed by atoms with E-state index in [4.69, 9.17) is 10.6 Å². The molecule has 0 aliphatic carbocycles. The molecule has 2 rings (SSSR count). The van der Waals surface area contributed by atoms with Gasteiger partial charge in [0.15, 0.2) is 0 Å². The van der Waals surface area contributed by atoms with Gasteiger partial charge in [0.25, 0.3) is 0 Å². The first-order valence-electron chi connectivity index (χ1n) is 7.35. The number of aryl methyl sites for hydroxylation is 1. The number of nitrogens with zero attached hydrogens (tertiary/aromatic N) is 3. The average Bonchev–Trinajstić information content (AvgIpc) is 2.48. The van der Waals surface area contributed by atoms with Crippen LogP contribution in [0.2, 0.25) is 0 Å². The molecule has 6 heteroatoms. The second-order valence-corrected chi connectivity index (χ2v) is 5.31. The average molecular weight is 279 g/mol. The number of nitrogens with one attached hydrogen (secondary N) is 1. The summed E-state index contributed by atoms with van der Waals surface area (Å²) in [5.74, 6) is 8.70. The van der Waals surface area contributed by atoms with Crippen molar-refractivity contribution >= 4 is 11.6 Å². The number of methoxy groups -OCH3 is 1. The lowest BCUT2D eigenvalue weighted by Gasteiger charge is -2.32. The van der Waals surface area contributed by atoms with Crippen molar-refractivity contribution in [3.8, 4) is 0 Å². The monoisotopic (exact) mass is 279 g/mol. The highest BCUT2D eigenvalue weighted by Gasteiger charge is 2.20. The van der Waals surface area contributed by atoms with Gasteiger partial charge in [-0.05, 0) is 25.2 Å². The smallest absolute Gasteiger partial charge is 0.145 e. The van der Waals surface area contributed by atoms with Crippen molar-refractivity contribution in [1.82, 2.24) is 9.97 Å². The highest BCUT2D eigenvalue weighted by atomic mass is 16.5.